The van der Waals surface area contributed by atoms with Gasteiger partial charge >= 0.3 is 0 Å². The number of aryl methyl sites for hydroxylation is 2. The van der Waals surface area contributed by atoms with Crippen molar-refractivity contribution in [3.8, 4) is 5.75 Å². The number of unbranched alkanes of at least 4 members (excludes halogenated alkanes) is 2. The van der Waals surface area contributed by atoms with E-state index in [9.17, 15) is 13.2 Å². The normalized spacial score (nSPS) is 11.7. The van der Waals surface area contributed by atoms with Gasteiger partial charge in [0.15, 0.2) is 5.15 Å². The number of carbonyl (C=O) groups excluding carboxylic acids is 1. The van der Waals surface area contributed by atoms with E-state index in [0.717, 1.165) is 36.5 Å². The van der Waals surface area contributed by atoms with Gasteiger partial charge in [-0.25, -0.2) is 18.1 Å². The molecule has 0 saturated heterocycles. The van der Waals surface area contributed by atoms with Gasteiger partial charge in [-0.1, -0.05) is 66.7 Å². The average molecular weight is 551 g/mol. The lowest BCUT2D eigenvalue weighted by molar-refractivity contribution is -0.114. The van der Waals surface area contributed by atoms with Gasteiger partial charge in [-0.15, -0.1) is 0 Å². The van der Waals surface area contributed by atoms with E-state index in [2.05, 4.69) is 11.9 Å². The van der Waals surface area contributed by atoms with Crippen LogP contribution in [0.2, 0.25) is 10.2 Å². The Kier molecular flexibility index (Phi) is 9.59. The number of halogens is 2. The molecule has 0 radical (unpaired) electrons. The first-order valence-corrected chi connectivity index (χ1v) is 13.8. The van der Waals surface area contributed by atoms with Crippen molar-refractivity contribution in [1.29, 1.82) is 0 Å². The molecule has 3 aromatic rings. The summed E-state index contributed by atoms with van der Waals surface area (Å²) in [6, 6.07) is 11.7. The minimum absolute atomic E-state index is 0.00111. The fourth-order valence-electron chi connectivity index (χ4n) is 3.46. The first-order valence-electron chi connectivity index (χ1n) is 11.6. The largest absolute Gasteiger partial charge is 0.494 e. The van der Waals surface area contributed by atoms with Gasteiger partial charge in [-0.2, -0.15) is 0 Å². The Labute approximate surface area is 222 Å². The maximum absolute atomic E-state index is 12.5. The maximum atomic E-state index is 12.5. The van der Waals surface area contributed by atoms with Crippen LogP contribution >= 0.6 is 23.2 Å². The molecular weight excluding hydrogens is 521 g/mol. The van der Waals surface area contributed by atoms with Crippen LogP contribution in [0.4, 0.5) is 0 Å². The summed E-state index contributed by atoms with van der Waals surface area (Å²) < 4.78 is 34.5. The molecule has 0 aliphatic carbocycles. The van der Waals surface area contributed by atoms with E-state index in [1.807, 2.05) is 23.8 Å². The van der Waals surface area contributed by atoms with Crippen molar-refractivity contribution >= 4 is 45.2 Å². The lowest BCUT2D eigenvalue weighted by atomic mass is 10.2. The summed E-state index contributed by atoms with van der Waals surface area (Å²) in [5, 5.41) is 0.717. The number of amides is 1. The quantitative estimate of drug-likeness (QED) is 0.236. The lowest BCUT2D eigenvalue weighted by Gasteiger charge is -2.12. The van der Waals surface area contributed by atoms with Gasteiger partial charge in [-0.05, 0) is 56.2 Å². The minimum atomic E-state index is -4.00. The second-order valence-corrected chi connectivity index (χ2v) is 10.8. The molecule has 1 N–H and O–H groups in total. The second kappa shape index (κ2) is 12.4. The van der Waals surface area contributed by atoms with Crippen molar-refractivity contribution in [2.24, 2.45) is 0 Å². The van der Waals surface area contributed by atoms with Gasteiger partial charge in [0.25, 0.3) is 15.9 Å². The van der Waals surface area contributed by atoms with Crippen molar-refractivity contribution in [2.45, 2.75) is 51.5 Å². The van der Waals surface area contributed by atoms with E-state index < -0.39 is 15.9 Å². The van der Waals surface area contributed by atoms with Crippen LogP contribution in [0.15, 0.2) is 53.4 Å². The third kappa shape index (κ3) is 7.35. The van der Waals surface area contributed by atoms with E-state index in [0.29, 0.717) is 35.4 Å². The number of nitrogens with zero attached hydrogens (tertiary/aromatic N) is 2. The maximum Gasteiger partial charge on any atom is 0.264 e. The number of ether oxygens (including phenoxy) is 1. The summed E-state index contributed by atoms with van der Waals surface area (Å²) in [6.07, 6.45) is 5.76. The molecular formula is C26H29Cl2N3O4S. The van der Waals surface area contributed by atoms with Crippen LogP contribution < -0.4 is 9.46 Å². The summed E-state index contributed by atoms with van der Waals surface area (Å²) in [6.45, 7) is 6.75. The van der Waals surface area contributed by atoms with Gasteiger partial charge in [0.05, 0.1) is 23.7 Å². The molecule has 0 fully saturated rings. The van der Waals surface area contributed by atoms with E-state index >= 15 is 0 Å². The molecule has 192 valence electrons. The third-order valence-corrected chi connectivity index (χ3v) is 7.47. The van der Waals surface area contributed by atoms with Gasteiger partial charge in [0.2, 0.25) is 0 Å². The number of imidazole rings is 1. The van der Waals surface area contributed by atoms with Gasteiger partial charge in [0, 0.05) is 11.1 Å². The fraction of sp³-hybridized carbons (Fsp3) is 0.308. The summed E-state index contributed by atoms with van der Waals surface area (Å²) >= 11 is 12.8. The monoisotopic (exact) mass is 549 g/mol. The molecule has 1 heterocycles. The van der Waals surface area contributed by atoms with Crippen molar-refractivity contribution in [1.82, 2.24) is 14.3 Å². The number of benzene rings is 2. The molecule has 0 aliphatic rings. The molecule has 1 amide bonds. The van der Waals surface area contributed by atoms with Gasteiger partial charge < -0.3 is 9.30 Å². The number of hydrogen-bond donors (Lipinski definition) is 1. The molecule has 10 heteroatoms. The number of sulfonamides is 1. The van der Waals surface area contributed by atoms with Crippen LogP contribution in [0.3, 0.4) is 0 Å². The Morgan fingerprint density at radius 3 is 2.50 bits per heavy atom. The molecule has 0 unspecified atom stereocenters. The van der Waals surface area contributed by atoms with Crippen LogP contribution in [0, 0.1) is 13.8 Å². The highest BCUT2D eigenvalue weighted by atomic mass is 35.5. The highest BCUT2D eigenvalue weighted by Crippen LogP contribution is 2.26. The van der Waals surface area contributed by atoms with Crippen LogP contribution in [-0.4, -0.2) is 30.5 Å². The fourth-order valence-corrected chi connectivity index (χ4v) is 4.92. The molecule has 0 bridgehead atoms. The minimum Gasteiger partial charge on any atom is -0.494 e. The number of nitrogens with one attached hydrogen (secondary N) is 1. The average Bonchev–Trinajstić information content (AvgIpc) is 3.08. The van der Waals surface area contributed by atoms with Crippen LogP contribution in [-0.2, 0) is 21.4 Å². The molecule has 1 aromatic heterocycles. The molecule has 2 aromatic carbocycles. The SMILES string of the molecule is CCCCCOc1ccc(Cn2c(C)nc(Cl)c2C=CC(=O)NS(=O)(=O)c2ccc(C)cc2)c(Cl)c1. The summed E-state index contributed by atoms with van der Waals surface area (Å²) in [5.74, 6) is 0.509. The molecule has 0 spiro atoms. The van der Waals surface area contributed by atoms with E-state index in [1.54, 1.807) is 29.7 Å². The molecule has 0 aliphatic heterocycles. The van der Waals surface area contributed by atoms with E-state index in [4.69, 9.17) is 27.9 Å². The molecule has 3 rings (SSSR count). The Hall–Kier alpha value is -2.81. The molecule has 0 atom stereocenters. The first kappa shape index (κ1) is 27.8. The van der Waals surface area contributed by atoms with E-state index in [1.165, 1.54) is 18.2 Å². The number of aromatic nitrogens is 2. The smallest absolute Gasteiger partial charge is 0.264 e. The number of hydrogen-bond acceptors (Lipinski definition) is 5. The summed E-state index contributed by atoms with van der Waals surface area (Å²) in [7, 11) is -4.00. The van der Waals surface area contributed by atoms with Crippen LogP contribution in [0.1, 0.15) is 48.8 Å². The van der Waals surface area contributed by atoms with Crippen molar-refractivity contribution in [2.75, 3.05) is 6.61 Å². The predicted molar refractivity (Wildman–Crippen MR) is 143 cm³/mol. The van der Waals surface area contributed by atoms with Crippen LogP contribution in [0.25, 0.3) is 6.08 Å². The Morgan fingerprint density at radius 1 is 1.11 bits per heavy atom. The Balaban J connectivity index is 1.73. The zero-order valence-corrected chi connectivity index (χ0v) is 22.8. The summed E-state index contributed by atoms with van der Waals surface area (Å²) in [5.41, 5.74) is 2.18. The molecule has 7 nitrogen and oxygen atoms in total. The highest BCUT2D eigenvalue weighted by Gasteiger charge is 2.17. The third-order valence-electron chi connectivity index (χ3n) is 5.48. The topological polar surface area (TPSA) is 90.3 Å². The zero-order valence-electron chi connectivity index (χ0n) is 20.4. The predicted octanol–water partition coefficient (Wildman–Crippen LogP) is 5.94. The summed E-state index contributed by atoms with van der Waals surface area (Å²) in [4.78, 5) is 16.7. The lowest BCUT2D eigenvalue weighted by Crippen LogP contribution is -2.29. The molecule has 0 saturated carbocycles. The highest BCUT2D eigenvalue weighted by molar-refractivity contribution is 7.90. The van der Waals surface area contributed by atoms with Crippen LogP contribution in [0.5, 0.6) is 5.75 Å². The zero-order chi connectivity index (χ0) is 26.3. The number of carbonyl (C=O) groups is 1. The van der Waals surface area contributed by atoms with E-state index in [-0.39, 0.29) is 10.0 Å². The Bertz CT molecular complexity index is 1350. The van der Waals surface area contributed by atoms with Crippen molar-refractivity contribution in [3.63, 3.8) is 0 Å². The van der Waals surface area contributed by atoms with Crippen molar-refractivity contribution in [3.05, 3.63) is 81.4 Å². The van der Waals surface area contributed by atoms with Gasteiger partial charge in [0.1, 0.15) is 11.6 Å². The first-order chi connectivity index (χ1) is 17.1. The number of rotatable bonds is 11. The Morgan fingerprint density at radius 2 is 1.83 bits per heavy atom. The van der Waals surface area contributed by atoms with Crippen molar-refractivity contribution < 1.29 is 17.9 Å². The second-order valence-electron chi connectivity index (χ2n) is 8.35. The standard InChI is InChI=1S/C26H29Cl2N3O4S/c1-4-5-6-15-35-21-10-9-20(23(27)16-21)17-31-19(3)29-26(28)24(31)13-14-25(32)30-36(33,34)22-11-7-18(2)8-12-22/h7-14,16H,4-6,15,17H2,1-3H3,(H,30,32). The van der Waals surface area contributed by atoms with Gasteiger partial charge in [-0.3, -0.25) is 4.79 Å². The molecule has 36 heavy (non-hydrogen) atoms.